The fourth-order valence-corrected chi connectivity index (χ4v) is 2.02. The zero-order valence-electron chi connectivity index (χ0n) is 11.5. The van der Waals surface area contributed by atoms with Crippen LogP contribution >= 0.6 is 0 Å². The van der Waals surface area contributed by atoms with E-state index in [1.807, 2.05) is 0 Å². The number of H-pyrrole nitrogens is 1. The minimum atomic E-state index is -5.04. The lowest BCUT2D eigenvalue weighted by Gasteiger charge is -2.12. The molecule has 126 valence electrons. The van der Waals surface area contributed by atoms with Gasteiger partial charge < -0.3 is 11.1 Å². The van der Waals surface area contributed by atoms with E-state index in [0.29, 0.717) is 0 Å². The van der Waals surface area contributed by atoms with Crippen molar-refractivity contribution in [2.24, 2.45) is 0 Å². The molecule has 0 aliphatic heterocycles. The number of anilines is 3. The molecule has 0 radical (unpaired) electrons. The highest BCUT2D eigenvalue weighted by molar-refractivity contribution is 5.87. The molecule has 0 atom stereocenters. The number of nitrogens with zero attached hydrogens (tertiary/aromatic N) is 2. The largest absolute Gasteiger partial charge is 0.419 e. The number of hydrogen-bond acceptors (Lipinski definition) is 4. The molecule has 0 spiro atoms. The van der Waals surface area contributed by atoms with Gasteiger partial charge in [0.25, 0.3) is 0 Å². The Kier molecular flexibility index (Phi) is 3.50. The van der Waals surface area contributed by atoms with Gasteiger partial charge in [-0.1, -0.05) is 0 Å². The summed E-state index contributed by atoms with van der Waals surface area (Å²) in [4.78, 5) is 3.72. The molecule has 0 aliphatic carbocycles. The topological polar surface area (TPSA) is 79.6 Å². The van der Waals surface area contributed by atoms with Crippen molar-refractivity contribution in [3.63, 3.8) is 0 Å². The van der Waals surface area contributed by atoms with E-state index in [9.17, 15) is 26.3 Å². The second kappa shape index (κ2) is 5.28. The number of alkyl halides is 3. The van der Waals surface area contributed by atoms with Crippen LogP contribution in [0.5, 0.6) is 0 Å². The van der Waals surface area contributed by atoms with Crippen molar-refractivity contribution in [1.29, 1.82) is 0 Å². The van der Waals surface area contributed by atoms with Crippen molar-refractivity contribution in [3.05, 3.63) is 41.2 Å². The first-order chi connectivity index (χ1) is 11.2. The first-order valence-electron chi connectivity index (χ1n) is 6.30. The highest BCUT2D eigenvalue weighted by Gasteiger charge is 2.35. The fourth-order valence-electron chi connectivity index (χ4n) is 2.02. The summed E-state index contributed by atoms with van der Waals surface area (Å²) < 4.78 is 79.0. The smallest absolute Gasteiger partial charge is 0.382 e. The lowest BCUT2D eigenvalue weighted by atomic mass is 10.1. The van der Waals surface area contributed by atoms with Crippen molar-refractivity contribution < 1.29 is 26.3 Å². The molecule has 2 heterocycles. The van der Waals surface area contributed by atoms with Crippen LogP contribution in [-0.4, -0.2) is 15.2 Å². The number of nitrogens with one attached hydrogen (secondary N) is 2. The van der Waals surface area contributed by atoms with Gasteiger partial charge in [0.15, 0.2) is 23.1 Å². The van der Waals surface area contributed by atoms with E-state index in [1.54, 1.807) is 0 Å². The van der Waals surface area contributed by atoms with Crippen LogP contribution in [0.15, 0.2) is 18.2 Å². The number of hydrogen-bond donors (Lipinski definition) is 3. The average molecular weight is 347 g/mol. The fraction of sp³-hybridized carbons (Fsp3) is 0.0769. The van der Waals surface area contributed by atoms with Crippen LogP contribution in [0.3, 0.4) is 0 Å². The Morgan fingerprint density at radius 2 is 1.71 bits per heavy atom. The van der Waals surface area contributed by atoms with Crippen LogP contribution < -0.4 is 11.1 Å². The quantitative estimate of drug-likeness (QED) is 0.618. The van der Waals surface area contributed by atoms with Gasteiger partial charge in [-0.25, -0.2) is 18.2 Å². The number of pyridine rings is 1. The summed E-state index contributed by atoms with van der Waals surface area (Å²) >= 11 is 0. The van der Waals surface area contributed by atoms with Gasteiger partial charge in [-0.3, -0.25) is 5.10 Å². The molecule has 0 bridgehead atoms. The third kappa shape index (κ3) is 2.68. The third-order valence-electron chi connectivity index (χ3n) is 3.15. The number of nitrogens with two attached hydrogens (primary N) is 1. The van der Waals surface area contributed by atoms with Gasteiger partial charge in [0.1, 0.15) is 11.6 Å². The Morgan fingerprint density at radius 1 is 1.00 bits per heavy atom. The van der Waals surface area contributed by atoms with Crippen LogP contribution in [0, 0.1) is 17.5 Å². The minimum Gasteiger partial charge on any atom is -0.382 e. The molecule has 3 aromatic rings. The maximum absolute atomic E-state index is 14.0. The van der Waals surface area contributed by atoms with Gasteiger partial charge >= 0.3 is 6.18 Å². The van der Waals surface area contributed by atoms with E-state index in [4.69, 9.17) is 5.73 Å². The second-order valence-electron chi connectivity index (χ2n) is 4.76. The third-order valence-corrected chi connectivity index (χ3v) is 3.15. The van der Waals surface area contributed by atoms with Crippen molar-refractivity contribution in [2.45, 2.75) is 6.18 Å². The molecule has 2 aromatic heterocycles. The van der Waals surface area contributed by atoms with Crippen molar-refractivity contribution in [3.8, 4) is 0 Å². The normalized spacial score (nSPS) is 11.9. The summed E-state index contributed by atoms with van der Waals surface area (Å²) in [7, 11) is 0. The molecule has 0 amide bonds. The molecule has 0 saturated carbocycles. The van der Waals surface area contributed by atoms with E-state index >= 15 is 0 Å². The Bertz CT molecular complexity index is 933. The second-order valence-corrected chi connectivity index (χ2v) is 4.76. The summed E-state index contributed by atoms with van der Waals surface area (Å²) in [5.74, 6) is -4.74. The van der Waals surface area contributed by atoms with E-state index in [0.717, 1.165) is 6.07 Å². The van der Waals surface area contributed by atoms with Gasteiger partial charge in [-0.05, 0) is 12.1 Å². The van der Waals surface area contributed by atoms with E-state index in [1.165, 1.54) is 0 Å². The number of fused-ring (bicyclic) bond motifs is 1. The first kappa shape index (κ1) is 15.9. The number of aromatic amines is 1. The Morgan fingerprint density at radius 3 is 2.38 bits per heavy atom. The van der Waals surface area contributed by atoms with E-state index < -0.39 is 40.7 Å². The summed E-state index contributed by atoms with van der Waals surface area (Å²) in [6.07, 6.45) is -5.04. The summed E-state index contributed by atoms with van der Waals surface area (Å²) in [6.45, 7) is 0. The van der Waals surface area contributed by atoms with Crippen LogP contribution in [0.1, 0.15) is 5.56 Å². The lowest BCUT2D eigenvalue weighted by Crippen LogP contribution is -2.10. The molecule has 24 heavy (non-hydrogen) atoms. The Hall–Kier alpha value is -2.98. The number of rotatable bonds is 2. The maximum atomic E-state index is 14.0. The van der Waals surface area contributed by atoms with Crippen molar-refractivity contribution in [1.82, 2.24) is 15.2 Å². The standard InChI is InChI=1S/C13H7F6N5/c14-6-3-7(15)9(2-5(6)13(17,18)19)21-12-8(16)1-4-10(20)23-24-11(4)22-12/h1-3H,(H4,20,21,22,23,24). The van der Waals surface area contributed by atoms with Gasteiger partial charge in [0, 0.05) is 6.07 Å². The zero-order valence-corrected chi connectivity index (χ0v) is 11.5. The molecule has 0 fully saturated rings. The monoisotopic (exact) mass is 347 g/mol. The van der Waals surface area contributed by atoms with E-state index in [2.05, 4.69) is 20.5 Å². The molecule has 3 rings (SSSR count). The van der Waals surface area contributed by atoms with Crippen LogP contribution in [-0.2, 0) is 6.18 Å². The molecular weight excluding hydrogens is 340 g/mol. The molecular formula is C13H7F6N5. The summed E-state index contributed by atoms with van der Waals surface area (Å²) in [6, 6.07) is 1.17. The number of aromatic nitrogens is 3. The molecule has 1 aromatic carbocycles. The van der Waals surface area contributed by atoms with Crippen molar-refractivity contribution >= 4 is 28.4 Å². The summed E-state index contributed by atoms with van der Waals surface area (Å²) in [5.41, 5.74) is 3.01. The maximum Gasteiger partial charge on any atom is 0.419 e. The van der Waals surface area contributed by atoms with Crippen LogP contribution in [0.2, 0.25) is 0 Å². The number of benzene rings is 1. The highest BCUT2D eigenvalue weighted by Crippen LogP contribution is 2.35. The predicted molar refractivity (Wildman–Crippen MR) is 72.9 cm³/mol. The molecule has 0 saturated heterocycles. The SMILES string of the molecule is Nc1n[nH]c2nc(Nc3cc(C(F)(F)F)c(F)cc3F)c(F)cc12. The number of halogens is 6. The average Bonchev–Trinajstić information content (AvgIpc) is 2.81. The molecule has 4 N–H and O–H groups in total. The molecule has 11 heteroatoms. The van der Waals surface area contributed by atoms with Crippen molar-refractivity contribution in [2.75, 3.05) is 11.1 Å². The lowest BCUT2D eigenvalue weighted by molar-refractivity contribution is -0.140. The zero-order chi connectivity index (χ0) is 17.6. The van der Waals surface area contributed by atoms with Gasteiger partial charge in [0.2, 0.25) is 0 Å². The van der Waals surface area contributed by atoms with Crippen LogP contribution in [0.25, 0.3) is 11.0 Å². The molecule has 0 aliphatic rings. The van der Waals surface area contributed by atoms with Gasteiger partial charge in [-0.2, -0.15) is 18.3 Å². The molecule has 0 unspecified atom stereocenters. The minimum absolute atomic E-state index is 0.0322. The predicted octanol–water partition coefficient (Wildman–Crippen LogP) is 3.72. The first-order valence-corrected chi connectivity index (χ1v) is 6.30. The van der Waals surface area contributed by atoms with Crippen LogP contribution in [0.4, 0.5) is 43.7 Å². The number of nitrogen functional groups attached to an aromatic ring is 1. The highest BCUT2D eigenvalue weighted by atomic mass is 19.4. The Balaban J connectivity index is 2.07. The van der Waals surface area contributed by atoms with Gasteiger partial charge in [0.05, 0.1) is 16.6 Å². The summed E-state index contributed by atoms with van der Waals surface area (Å²) in [5, 5.41) is 8.17. The van der Waals surface area contributed by atoms with Gasteiger partial charge in [-0.15, -0.1) is 0 Å². The molecule has 5 nitrogen and oxygen atoms in total. The van der Waals surface area contributed by atoms with E-state index in [-0.39, 0.29) is 29.0 Å². The Labute approximate surface area is 129 Å².